The summed E-state index contributed by atoms with van der Waals surface area (Å²) in [6, 6.07) is 0. The monoisotopic (exact) mass is 420 g/mol. The van der Waals surface area contributed by atoms with Crippen LogP contribution >= 0.6 is 0 Å². The third kappa shape index (κ3) is 6.23. The summed E-state index contributed by atoms with van der Waals surface area (Å²) in [5.41, 5.74) is -0.500. The molecule has 1 aliphatic heterocycles. The number of rotatable bonds is 10. The topological polar surface area (TPSA) is 55.8 Å². The van der Waals surface area contributed by atoms with Crippen LogP contribution < -0.4 is 0 Å². The van der Waals surface area contributed by atoms with Crippen LogP contribution in [0.5, 0.6) is 0 Å². The first-order valence-electron chi connectivity index (χ1n) is 10.8. The molecule has 1 unspecified atom stereocenters. The van der Waals surface area contributed by atoms with Crippen molar-refractivity contribution in [1.29, 1.82) is 0 Å². The normalized spacial score (nSPS) is 29.2. The van der Waals surface area contributed by atoms with Crippen molar-refractivity contribution in [3.63, 3.8) is 0 Å². The summed E-state index contributed by atoms with van der Waals surface area (Å²) in [7, 11) is -1.17. The van der Waals surface area contributed by atoms with Crippen molar-refractivity contribution in [2.75, 3.05) is 6.61 Å². The van der Waals surface area contributed by atoms with Gasteiger partial charge in [-0.3, -0.25) is 4.79 Å². The summed E-state index contributed by atoms with van der Waals surface area (Å²) < 4.78 is 40.8. The highest BCUT2D eigenvalue weighted by Crippen LogP contribution is 2.47. The van der Waals surface area contributed by atoms with E-state index in [9.17, 15) is 18.7 Å². The molecule has 0 spiro atoms. The molecule has 4 nitrogen and oxygen atoms in total. The molecule has 0 amide bonds. The fourth-order valence-corrected chi connectivity index (χ4v) is 5.66. The maximum absolute atomic E-state index is 15.0. The van der Waals surface area contributed by atoms with Gasteiger partial charge in [0.15, 0.2) is 9.04 Å². The summed E-state index contributed by atoms with van der Waals surface area (Å²) in [6.07, 6.45) is 2.13. The number of carbonyl (C=O) groups excluding carboxylic acids is 1. The number of hydrogen-bond donors (Lipinski definition) is 1. The van der Waals surface area contributed by atoms with Gasteiger partial charge in [-0.1, -0.05) is 27.2 Å². The van der Waals surface area contributed by atoms with Crippen molar-refractivity contribution in [3.05, 3.63) is 0 Å². The van der Waals surface area contributed by atoms with Crippen LogP contribution in [0, 0.1) is 23.2 Å². The first-order valence-corrected chi connectivity index (χ1v) is 13.6. The minimum absolute atomic E-state index is 0.0184. The number of aliphatic hydroxyl groups is 1. The molecule has 0 bridgehead atoms. The molecule has 2 aliphatic rings. The van der Waals surface area contributed by atoms with Crippen LogP contribution in [0.3, 0.4) is 0 Å². The van der Waals surface area contributed by atoms with Crippen molar-refractivity contribution in [1.82, 2.24) is 0 Å². The Morgan fingerprint density at radius 1 is 1.29 bits per heavy atom. The first-order chi connectivity index (χ1) is 12.9. The second-order valence-corrected chi connectivity index (χ2v) is 12.4. The molecule has 0 aromatic heterocycles. The second-order valence-electron chi connectivity index (χ2n) is 10.00. The van der Waals surface area contributed by atoms with E-state index in [4.69, 9.17) is 9.16 Å². The zero-order chi connectivity index (χ0) is 21.1. The average Bonchev–Trinajstić information content (AvgIpc) is 3.02. The number of halogens is 2. The predicted molar refractivity (Wildman–Crippen MR) is 108 cm³/mol. The van der Waals surface area contributed by atoms with E-state index in [1.807, 2.05) is 33.9 Å². The minimum atomic E-state index is -2.73. The fourth-order valence-electron chi connectivity index (χ4n) is 5.02. The van der Waals surface area contributed by atoms with E-state index in [0.29, 0.717) is 45.1 Å². The number of ether oxygens (including phenoxy) is 1. The molecule has 1 saturated carbocycles. The number of aliphatic hydroxyl groups excluding tert-OH is 1. The molecular formula is C21H38F2O4Si. The van der Waals surface area contributed by atoms with E-state index < -0.39 is 32.4 Å². The summed E-state index contributed by atoms with van der Waals surface area (Å²) in [5, 5.41) is 10.3. The van der Waals surface area contributed by atoms with E-state index in [2.05, 4.69) is 0 Å². The van der Waals surface area contributed by atoms with Gasteiger partial charge in [0.25, 0.3) is 5.92 Å². The predicted octanol–water partition coefficient (Wildman–Crippen LogP) is 4.55. The van der Waals surface area contributed by atoms with E-state index >= 15 is 0 Å². The maximum atomic E-state index is 15.0. The molecular weight excluding hydrogens is 382 g/mol. The highest BCUT2D eigenvalue weighted by Gasteiger charge is 2.50. The van der Waals surface area contributed by atoms with Crippen molar-refractivity contribution < 1.29 is 27.8 Å². The van der Waals surface area contributed by atoms with Gasteiger partial charge < -0.3 is 14.3 Å². The number of carbonyl (C=O) groups is 1. The molecule has 1 saturated heterocycles. The molecule has 1 aliphatic carbocycles. The summed E-state index contributed by atoms with van der Waals surface area (Å²) in [4.78, 5) is 11.5. The molecule has 28 heavy (non-hydrogen) atoms. The number of hydrogen-bond acceptors (Lipinski definition) is 4. The van der Waals surface area contributed by atoms with Gasteiger partial charge in [0.1, 0.15) is 6.10 Å². The molecule has 164 valence electrons. The molecule has 0 radical (unpaired) electrons. The Bertz CT molecular complexity index is 521. The third-order valence-corrected chi connectivity index (χ3v) is 7.27. The Hall–Kier alpha value is -0.533. The van der Waals surface area contributed by atoms with Crippen LogP contribution in [-0.4, -0.2) is 44.9 Å². The Labute approximate surface area is 170 Å². The highest BCUT2D eigenvalue weighted by atomic mass is 28.3. The molecule has 5 atom stereocenters. The lowest BCUT2D eigenvalue weighted by atomic mass is 9.72. The maximum Gasteiger partial charge on any atom is 0.306 e. The van der Waals surface area contributed by atoms with Gasteiger partial charge >= 0.3 is 5.97 Å². The van der Waals surface area contributed by atoms with Gasteiger partial charge in [0.05, 0.1) is 12.5 Å². The number of esters is 1. The van der Waals surface area contributed by atoms with Gasteiger partial charge in [-0.05, 0) is 43.7 Å². The lowest BCUT2D eigenvalue weighted by Crippen LogP contribution is -2.38. The van der Waals surface area contributed by atoms with Gasteiger partial charge in [-0.2, -0.15) is 0 Å². The van der Waals surface area contributed by atoms with Crippen molar-refractivity contribution >= 4 is 15.0 Å². The van der Waals surface area contributed by atoms with Crippen LogP contribution in [0.1, 0.15) is 65.7 Å². The average molecular weight is 421 g/mol. The van der Waals surface area contributed by atoms with Crippen molar-refractivity contribution in [2.24, 2.45) is 23.2 Å². The fraction of sp³-hybridized carbons (Fsp3) is 0.952. The molecule has 0 aromatic carbocycles. The lowest BCUT2D eigenvalue weighted by molar-refractivity contribution is -0.141. The summed E-state index contributed by atoms with van der Waals surface area (Å²) >= 11 is 0. The molecule has 1 N–H and O–H groups in total. The summed E-state index contributed by atoms with van der Waals surface area (Å²) in [5.74, 6) is -3.61. The van der Waals surface area contributed by atoms with Gasteiger partial charge in [0.2, 0.25) is 0 Å². The molecule has 7 heteroatoms. The lowest BCUT2D eigenvalue weighted by Gasteiger charge is -2.37. The van der Waals surface area contributed by atoms with E-state index in [-0.39, 0.29) is 30.3 Å². The van der Waals surface area contributed by atoms with Crippen LogP contribution in [0.15, 0.2) is 0 Å². The zero-order valence-electron chi connectivity index (χ0n) is 18.0. The highest BCUT2D eigenvalue weighted by molar-refractivity contribution is 6.48. The van der Waals surface area contributed by atoms with Crippen LogP contribution in [0.2, 0.25) is 13.1 Å². The third-order valence-electron chi connectivity index (χ3n) is 6.37. The number of alkyl halides is 2. The Kier molecular flexibility index (Phi) is 8.07. The SMILES string of the molecule is C[SiH](C)OCCCC(F)(F)C(CCC[C@@H]1[C@H]2CC(=O)O[C@H]2C[C@H]1O)C(C)(C)C. The Balaban J connectivity index is 1.89. The van der Waals surface area contributed by atoms with Crippen LogP contribution in [0.4, 0.5) is 8.78 Å². The molecule has 2 rings (SSSR count). The largest absolute Gasteiger partial charge is 0.462 e. The van der Waals surface area contributed by atoms with Crippen LogP contribution in [0.25, 0.3) is 0 Å². The van der Waals surface area contributed by atoms with E-state index in [0.717, 1.165) is 0 Å². The van der Waals surface area contributed by atoms with Gasteiger partial charge in [-0.25, -0.2) is 8.78 Å². The smallest absolute Gasteiger partial charge is 0.306 e. The molecule has 2 fully saturated rings. The van der Waals surface area contributed by atoms with Crippen molar-refractivity contribution in [2.45, 2.75) is 96.9 Å². The first kappa shape index (κ1) is 23.7. The molecule has 1 heterocycles. The van der Waals surface area contributed by atoms with Crippen LogP contribution in [-0.2, 0) is 14.0 Å². The minimum Gasteiger partial charge on any atom is -0.462 e. The van der Waals surface area contributed by atoms with Gasteiger partial charge in [-0.15, -0.1) is 0 Å². The molecule has 0 aromatic rings. The van der Waals surface area contributed by atoms with E-state index in [1.54, 1.807) is 0 Å². The second kappa shape index (κ2) is 9.52. The van der Waals surface area contributed by atoms with Crippen molar-refractivity contribution in [3.8, 4) is 0 Å². The van der Waals surface area contributed by atoms with E-state index in [1.165, 1.54) is 0 Å². The Morgan fingerprint density at radius 3 is 2.57 bits per heavy atom. The van der Waals surface area contributed by atoms with Gasteiger partial charge in [0, 0.05) is 31.3 Å². The Morgan fingerprint density at radius 2 is 1.96 bits per heavy atom. The number of fused-ring (bicyclic) bond motifs is 1. The quantitative estimate of drug-likeness (QED) is 0.320. The zero-order valence-corrected chi connectivity index (χ0v) is 19.2. The summed E-state index contributed by atoms with van der Waals surface area (Å²) in [6.45, 7) is 10.1. The standard InChI is InChI=1S/C21H38F2O4Si/c1-20(2,3)18(21(22,23)10-7-11-26-28(4)5)9-6-8-14-15-12-19(25)27-17(15)13-16(14)24/h14-18,24,28H,6-13H2,1-5H3/t14-,15-,16-,17+,18?/m1/s1.